The minimum atomic E-state index is 0.624. The van der Waals surface area contributed by atoms with Crippen molar-refractivity contribution >= 4 is 82.5 Å². The topological polar surface area (TPSA) is 3.24 Å². The summed E-state index contributed by atoms with van der Waals surface area (Å²) < 4.78 is 2.59. The van der Waals surface area contributed by atoms with E-state index >= 15 is 0 Å². The zero-order valence-electron chi connectivity index (χ0n) is 20.2. The maximum absolute atomic E-state index is 6.36. The molecule has 0 fully saturated rings. The molecule has 0 spiro atoms. The van der Waals surface area contributed by atoms with Crippen LogP contribution in [0.2, 0.25) is 10.0 Å². The van der Waals surface area contributed by atoms with Crippen molar-refractivity contribution in [1.29, 1.82) is 0 Å². The van der Waals surface area contributed by atoms with Gasteiger partial charge in [0.25, 0.3) is 0 Å². The van der Waals surface area contributed by atoms with E-state index in [4.69, 9.17) is 23.2 Å². The van der Waals surface area contributed by atoms with Crippen LogP contribution in [0.15, 0.2) is 127 Å². The molecule has 0 aliphatic rings. The monoisotopic (exact) mass is 545 g/mol. The Balaban J connectivity index is 1.48. The van der Waals surface area contributed by atoms with Crippen molar-refractivity contribution in [1.82, 2.24) is 0 Å². The standard InChI is InChI=1S/C34H21Cl2NS/c35-25-17-24(18-26(36)20-25)23-9-5-10-27(19-23)37(32-13-6-8-22-7-1-2-11-29(22)32)28-15-16-34-31(21-28)30-12-3-4-14-33(30)38-34/h1-21H. The SMILES string of the molecule is Clc1cc(Cl)cc(-c2cccc(N(c3ccc4sc5ccccc5c4c3)c3cccc4ccccc34)c2)c1. The van der Waals surface area contributed by atoms with Crippen molar-refractivity contribution in [2.45, 2.75) is 0 Å². The number of anilines is 3. The molecule has 0 N–H and O–H groups in total. The Labute approximate surface area is 235 Å². The second-order valence-corrected chi connectivity index (χ2v) is 11.3. The number of rotatable bonds is 4. The highest BCUT2D eigenvalue weighted by atomic mass is 35.5. The Kier molecular flexibility index (Phi) is 5.82. The number of nitrogens with zero attached hydrogens (tertiary/aromatic N) is 1. The Morgan fingerprint density at radius 2 is 1.16 bits per heavy atom. The van der Waals surface area contributed by atoms with Crippen molar-refractivity contribution in [2.24, 2.45) is 0 Å². The first-order chi connectivity index (χ1) is 18.6. The molecule has 1 nitrogen and oxygen atoms in total. The second kappa shape index (κ2) is 9.49. The van der Waals surface area contributed by atoms with Gasteiger partial charge in [0, 0.05) is 47.0 Å². The average molecular weight is 547 g/mol. The van der Waals surface area contributed by atoms with Gasteiger partial charge in [0.1, 0.15) is 0 Å². The van der Waals surface area contributed by atoms with Crippen LogP contribution in [0.25, 0.3) is 42.1 Å². The molecule has 0 amide bonds. The van der Waals surface area contributed by atoms with Crippen LogP contribution in [0.1, 0.15) is 0 Å². The van der Waals surface area contributed by atoms with Gasteiger partial charge in [0.2, 0.25) is 0 Å². The summed E-state index contributed by atoms with van der Waals surface area (Å²) in [5, 5.41) is 6.20. The van der Waals surface area contributed by atoms with Gasteiger partial charge < -0.3 is 4.90 Å². The quantitative estimate of drug-likeness (QED) is 0.212. The minimum absolute atomic E-state index is 0.624. The first-order valence-electron chi connectivity index (χ1n) is 12.4. The molecule has 1 aromatic heterocycles. The highest BCUT2D eigenvalue weighted by Crippen LogP contribution is 2.43. The molecule has 7 aromatic rings. The number of fused-ring (bicyclic) bond motifs is 4. The summed E-state index contributed by atoms with van der Waals surface area (Å²) in [7, 11) is 0. The van der Waals surface area contributed by atoms with E-state index in [9.17, 15) is 0 Å². The zero-order chi connectivity index (χ0) is 25.6. The zero-order valence-corrected chi connectivity index (χ0v) is 22.6. The fourth-order valence-corrected chi connectivity index (χ4v) is 6.84. The lowest BCUT2D eigenvalue weighted by molar-refractivity contribution is 1.30. The van der Waals surface area contributed by atoms with E-state index in [1.54, 1.807) is 6.07 Å². The molecule has 0 bridgehead atoms. The second-order valence-electron chi connectivity index (χ2n) is 9.32. The Morgan fingerprint density at radius 3 is 2.03 bits per heavy atom. The molecule has 182 valence electrons. The van der Waals surface area contributed by atoms with Gasteiger partial charge in [0.15, 0.2) is 0 Å². The van der Waals surface area contributed by atoms with E-state index < -0.39 is 0 Å². The molecular formula is C34H21Cl2NS. The number of hydrogen-bond donors (Lipinski definition) is 0. The predicted molar refractivity (Wildman–Crippen MR) is 167 cm³/mol. The van der Waals surface area contributed by atoms with Crippen molar-refractivity contribution in [2.75, 3.05) is 4.90 Å². The van der Waals surface area contributed by atoms with Crippen LogP contribution in [0.3, 0.4) is 0 Å². The van der Waals surface area contributed by atoms with Crippen LogP contribution in [0, 0.1) is 0 Å². The Hall–Kier alpha value is -3.82. The third-order valence-electron chi connectivity index (χ3n) is 6.93. The van der Waals surface area contributed by atoms with Crippen molar-refractivity contribution in [3.05, 3.63) is 137 Å². The lowest BCUT2D eigenvalue weighted by Crippen LogP contribution is -2.10. The summed E-state index contributed by atoms with van der Waals surface area (Å²) in [6.07, 6.45) is 0. The summed E-state index contributed by atoms with van der Waals surface area (Å²) >= 11 is 14.6. The van der Waals surface area contributed by atoms with Gasteiger partial charge >= 0.3 is 0 Å². The summed E-state index contributed by atoms with van der Waals surface area (Å²) in [5.74, 6) is 0. The fourth-order valence-electron chi connectivity index (χ4n) is 5.23. The van der Waals surface area contributed by atoms with Gasteiger partial charge in [-0.3, -0.25) is 0 Å². The van der Waals surface area contributed by atoms with Crippen molar-refractivity contribution < 1.29 is 0 Å². The Morgan fingerprint density at radius 1 is 0.474 bits per heavy atom. The summed E-state index contributed by atoms with van der Waals surface area (Å²) in [5.41, 5.74) is 5.34. The smallest absolute Gasteiger partial charge is 0.0540 e. The van der Waals surface area contributed by atoms with Crippen LogP contribution in [0.5, 0.6) is 0 Å². The largest absolute Gasteiger partial charge is 0.310 e. The highest BCUT2D eigenvalue weighted by molar-refractivity contribution is 7.25. The lowest BCUT2D eigenvalue weighted by Gasteiger charge is -2.27. The predicted octanol–water partition coefficient (Wildman–Crippen LogP) is 11.7. The third-order valence-corrected chi connectivity index (χ3v) is 8.51. The third kappa shape index (κ3) is 4.12. The van der Waals surface area contributed by atoms with Gasteiger partial charge in [0.05, 0.1) is 5.69 Å². The highest BCUT2D eigenvalue weighted by Gasteiger charge is 2.17. The molecule has 7 rings (SSSR count). The molecule has 38 heavy (non-hydrogen) atoms. The van der Waals surface area contributed by atoms with Crippen LogP contribution in [0.4, 0.5) is 17.1 Å². The van der Waals surface area contributed by atoms with Gasteiger partial charge in [-0.15, -0.1) is 11.3 Å². The number of hydrogen-bond acceptors (Lipinski definition) is 2. The lowest BCUT2D eigenvalue weighted by atomic mass is 10.0. The molecular weight excluding hydrogens is 525 g/mol. The normalized spacial score (nSPS) is 11.4. The van der Waals surface area contributed by atoms with E-state index in [0.29, 0.717) is 10.0 Å². The van der Waals surface area contributed by atoms with Crippen molar-refractivity contribution in [3.8, 4) is 11.1 Å². The molecule has 6 aromatic carbocycles. The maximum Gasteiger partial charge on any atom is 0.0540 e. The molecule has 0 saturated heterocycles. The van der Waals surface area contributed by atoms with E-state index in [1.165, 1.54) is 30.9 Å². The molecule has 0 saturated carbocycles. The number of thiophene rings is 1. The Bertz CT molecular complexity index is 1950. The molecule has 0 aliphatic heterocycles. The van der Waals surface area contributed by atoms with Gasteiger partial charge in [-0.25, -0.2) is 0 Å². The number of halogens is 2. The molecule has 0 radical (unpaired) electrons. The van der Waals surface area contributed by atoms with Crippen LogP contribution in [-0.2, 0) is 0 Å². The summed E-state index contributed by atoms with van der Waals surface area (Å²) in [6, 6.07) is 44.7. The van der Waals surface area contributed by atoms with Crippen LogP contribution in [-0.4, -0.2) is 0 Å². The molecule has 0 unspecified atom stereocenters. The van der Waals surface area contributed by atoms with E-state index in [1.807, 2.05) is 23.5 Å². The maximum atomic E-state index is 6.36. The molecule has 0 aliphatic carbocycles. The summed E-state index contributed by atoms with van der Waals surface area (Å²) in [4.78, 5) is 2.35. The number of benzene rings is 6. The molecule has 4 heteroatoms. The first kappa shape index (κ1) is 23.3. The van der Waals surface area contributed by atoms with Gasteiger partial charge in [-0.1, -0.05) is 89.9 Å². The summed E-state index contributed by atoms with van der Waals surface area (Å²) in [6.45, 7) is 0. The average Bonchev–Trinajstić information content (AvgIpc) is 3.31. The van der Waals surface area contributed by atoms with E-state index in [2.05, 4.69) is 114 Å². The first-order valence-corrected chi connectivity index (χ1v) is 14.0. The molecule has 1 heterocycles. The van der Waals surface area contributed by atoms with Gasteiger partial charge in [-0.05, 0) is 77.2 Å². The fraction of sp³-hybridized carbons (Fsp3) is 0. The minimum Gasteiger partial charge on any atom is -0.310 e. The van der Waals surface area contributed by atoms with E-state index in [0.717, 1.165) is 28.2 Å². The van der Waals surface area contributed by atoms with Gasteiger partial charge in [-0.2, -0.15) is 0 Å². The molecule has 0 atom stereocenters. The van der Waals surface area contributed by atoms with E-state index in [-0.39, 0.29) is 0 Å². The van der Waals surface area contributed by atoms with Crippen LogP contribution >= 0.6 is 34.5 Å². The van der Waals surface area contributed by atoms with Crippen LogP contribution < -0.4 is 4.90 Å². The van der Waals surface area contributed by atoms with Crippen molar-refractivity contribution in [3.63, 3.8) is 0 Å².